The van der Waals surface area contributed by atoms with Crippen LogP contribution in [0.25, 0.3) is 0 Å². The van der Waals surface area contributed by atoms with E-state index in [-0.39, 0.29) is 0 Å². The van der Waals surface area contributed by atoms with Crippen LogP contribution in [0.2, 0.25) is 0 Å². The first-order valence-corrected chi connectivity index (χ1v) is 7.20. The molecule has 16 heavy (non-hydrogen) atoms. The standard InChI is InChI=1S/C14H26N2/c1-10(15)13-4-5-16(8-13)9-14-7-11-2-3-12(14)6-11/h10-14H,2-9,15H2,1H3. The van der Waals surface area contributed by atoms with Crippen molar-refractivity contribution in [2.45, 2.75) is 45.1 Å². The van der Waals surface area contributed by atoms with E-state index in [9.17, 15) is 0 Å². The number of fused-ring (bicyclic) bond motifs is 2. The predicted molar refractivity (Wildman–Crippen MR) is 67.1 cm³/mol. The number of rotatable bonds is 3. The molecule has 2 bridgehead atoms. The molecule has 3 fully saturated rings. The molecule has 0 spiro atoms. The van der Waals surface area contributed by atoms with Crippen LogP contribution in [-0.4, -0.2) is 30.6 Å². The zero-order valence-corrected chi connectivity index (χ0v) is 10.6. The summed E-state index contributed by atoms with van der Waals surface area (Å²) in [7, 11) is 0. The Morgan fingerprint density at radius 3 is 2.69 bits per heavy atom. The fourth-order valence-electron chi connectivity index (χ4n) is 4.39. The van der Waals surface area contributed by atoms with E-state index in [1.54, 1.807) is 6.42 Å². The van der Waals surface area contributed by atoms with Crippen molar-refractivity contribution in [1.29, 1.82) is 0 Å². The highest BCUT2D eigenvalue weighted by Crippen LogP contribution is 2.48. The van der Waals surface area contributed by atoms with E-state index in [0.717, 1.165) is 23.7 Å². The minimum absolute atomic E-state index is 0.394. The summed E-state index contributed by atoms with van der Waals surface area (Å²) in [6.07, 6.45) is 7.47. The maximum atomic E-state index is 6.00. The third-order valence-corrected chi connectivity index (χ3v) is 5.43. The van der Waals surface area contributed by atoms with Gasteiger partial charge in [-0.25, -0.2) is 0 Å². The lowest BCUT2D eigenvalue weighted by molar-refractivity contribution is 0.212. The summed E-state index contributed by atoms with van der Waals surface area (Å²) in [5, 5.41) is 0. The third-order valence-electron chi connectivity index (χ3n) is 5.43. The molecular weight excluding hydrogens is 196 g/mol. The van der Waals surface area contributed by atoms with Gasteiger partial charge >= 0.3 is 0 Å². The SMILES string of the molecule is CC(N)C1CCN(CC2CC3CCC2C3)C1. The molecule has 2 heteroatoms. The number of nitrogens with zero attached hydrogens (tertiary/aromatic N) is 1. The molecule has 0 amide bonds. The highest BCUT2D eigenvalue weighted by atomic mass is 15.2. The largest absolute Gasteiger partial charge is 0.328 e. The van der Waals surface area contributed by atoms with E-state index in [4.69, 9.17) is 5.73 Å². The van der Waals surface area contributed by atoms with E-state index >= 15 is 0 Å². The van der Waals surface area contributed by atoms with Gasteiger partial charge in [0.05, 0.1) is 0 Å². The van der Waals surface area contributed by atoms with Crippen LogP contribution in [0.15, 0.2) is 0 Å². The van der Waals surface area contributed by atoms with Crippen molar-refractivity contribution in [3.8, 4) is 0 Å². The van der Waals surface area contributed by atoms with E-state index in [1.165, 1.54) is 45.3 Å². The second-order valence-electron chi connectivity index (χ2n) is 6.60. The first-order valence-electron chi connectivity index (χ1n) is 7.20. The van der Waals surface area contributed by atoms with Crippen molar-refractivity contribution in [2.24, 2.45) is 29.4 Å². The summed E-state index contributed by atoms with van der Waals surface area (Å²) >= 11 is 0. The molecule has 0 aromatic rings. The van der Waals surface area contributed by atoms with Crippen LogP contribution >= 0.6 is 0 Å². The van der Waals surface area contributed by atoms with E-state index < -0.39 is 0 Å². The molecule has 3 aliphatic rings. The minimum Gasteiger partial charge on any atom is -0.328 e. The van der Waals surface area contributed by atoms with E-state index in [0.29, 0.717) is 6.04 Å². The molecule has 1 heterocycles. The Kier molecular flexibility index (Phi) is 2.97. The molecule has 0 radical (unpaired) electrons. The molecule has 2 nitrogen and oxygen atoms in total. The fraction of sp³-hybridized carbons (Fsp3) is 1.00. The Balaban J connectivity index is 1.49. The van der Waals surface area contributed by atoms with Crippen molar-refractivity contribution in [2.75, 3.05) is 19.6 Å². The highest BCUT2D eigenvalue weighted by Gasteiger charge is 2.40. The second-order valence-corrected chi connectivity index (χ2v) is 6.60. The summed E-state index contributed by atoms with van der Waals surface area (Å²) in [6, 6.07) is 0.394. The van der Waals surface area contributed by atoms with Gasteiger partial charge < -0.3 is 10.6 Å². The van der Waals surface area contributed by atoms with Crippen LogP contribution in [0.4, 0.5) is 0 Å². The summed E-state index contributed by atoms with van der Waals surface area (Å²) < 4.78 is 0. The number of nitrogens with two attached hydrogens (primary N) is 1. The summed E-state index contributed by atoms with van der Waals surface area (Å²) in [4.78, 5) is 2.69. The van der Waals surface area contributed by atoms with Gasteiger partial charge in [0, 0.05) is 19.1 Å². The molecule has 0 aromatic heterocycles. The van der Waals surface area contributed by atoms with Crippen LogP contribution in [0.5, 0.6) is 0 Å². The zero-order valence-electron chi connectivity index (χ0n) is 10.6. The van der Waals surface area contributed by atoms with Gasteiger partial charge in [-0.3, -0.25) is 0 Å². The number of hydrogen-bond donors (Lipinski definition) is 1. The first-order chi connectivity index (χ1) is 7.72. The van der Waals surface area contributed by atoms with Gasteiger partial charge in [0.2, 0.25) is 0 Å². The predicted octanol–water partition coefficient (Wildman–Crippen LogP) is 2.09. The smallest absolute Gasteiger partial charge is 0.00514 e. The zero-order chi connectivity index (χ0) is 11.1. The maximum Gasteiger partial charge on any atom is 0.00514 e. The molecule has 3 rings (SSSR count). The Morgan fingerprint density at radius 2 is 2.12 bits per heavy atom. The Morgan fingerprint density at radius 1 is 1.25 bits per heavy atom. The number of hydrogen-bond acceptors (Lipinski definition) is 2. The van der Waals surface area contributed by atoms with Gasteiger partial charge in [0.1, 0.15) is 0 Å². The molecule has 5 atom stereocenters. The van der Waals surface area contributed by atoms with Crippen LogP contribution < -0.4 is 5.73 Å². The van der Waals surface area contributed by atoms with Gasteiger partial charge in [0.25, 0.3) is 0 Å². The van der Waals surface area contributed by atoms with E-state index in [1.807, 2.05) is 0 Å². The van der Waals surface area contributed by atoms with Crippen molar-refractivity contribution >= 4 is 0 Å². The average Bonchev–Trinajstić information content (AvgIpc) is 2.91. The van der Waals surface area contributed by atoms with Crippen LogP contribution in [-0.2, 0) is 0 Å². The van der Waals surface area contributed by atoms with Gasteiger partial charge in [-0.05, 0) is 62.8 Å². The summed E-state index contributed by atoms with van der Waals surface area (Å²) in [5.74, 6) is 3.98. The van der Waals surface area contributed by atoms with Crippen LogP contribution in [0, 0.1) is 23.7 Å². The first kappa shape index (κ1) is 11.0. The molecule has 2 aliphatic carbocycles. The van der Waals surface area contributed by atoms with Gasteiger partial charge in [0.15, 0.2) is 0 Å². The van der Waals surface area contributed by atoms with Gasteiger partial charge in [-0.2, -0.15) is 0 Å². The van der Waals surface area contributed by atoms with Crippen molar-refractivity contribution in [3.63, 3.8) is 0 Å². The van der Waals surface area contributed by atoms with Gasteiger partial charge in [-0.15, -0.1) is 0 Å². The Hall–Kier alpha value is -0.0800. The Bertz CT molecular complexity index is 251. The number of likely N-dealkylation sites (tertiary alicyclic amines) is 1. The fourth-order valence-corrected chi connectivity index (χ4v) is 4.39. The van der Waals surface area contributed by atoms with Crippen molar-refractivity contribution < 1.29 is 0 Å². The molecule has 5 unspecified atom stereocenters. The molecule has 2 N–H and O–H groups in total. The second kappa shape index (κ2) is 4.30. The Labute approximate surface area is 99.6 Å². The monoisotopic (exact) mass is 222 g/mol. The molecular formula is C14H26N2. The van der Waals surface area contributed by atoms with Crippen molar-refractivity contribution in [3.05, 3.63) is 0 Å². The summed E-state index contributed by atoms with van der Waals surface area (Å²) in [5.41, 5.74) is 6.00. The van der Waals surface area contributed by atoms with Crippen molar-refractivity contribution in [1.82, 2.24) is 4.90 Å². The lowest BCUT2D eigenvalue weighted by Gasteiger charge is -2.27. The molecule has 1 saturated heterocycles. The van der Waals surface area contributed by atoms with Gasteiger partial charge in [-0.1, -0.05) is 6.42 Å². The molecule has 2 saturated carbocycles. The van der Waals surface area contributed by atoms with Crippen LogP contribution in [0.3, 0.4) is 0 Å². The molecule has 92 valence electrons. The average molecular weight is 222 g/mol. The molecule has 0 aromatic carbocycles. The topological polar surface area (TPSA) is 29.3 Å². The maximum absolute atomic E-state index is 6.00. The minimum atomic E-state index is 0.394. The molecule has 1 aliphatic heterocycles. The highest BCUT2D eigenvalue weighted by molar-refractivity contribution is 4.92. The van der Waals surface area contributed by atoms with E-state index in [2.05, 4.69) is 11.8 Å². The lowest BCUT2D eigenvalue weighted by Crippen LogP contribution is -2.33. The summed E-state index contributed by atoms with van der Waals surface area (Å²) in [6.45, 7) is 6.13. The normalized spacial score (nSPS) is 45.4. The van der Waals surface area contributed by atoms with Crippen LogP contribution in [0.1, 0.15) is 39.0 Å². The quantitative estimate of drug-likeness (QED) is 0.792. The third kappa shape index (κ3) is 2.02. The lowest BCUT2D eigenvalue weighted by atomic mass is 9.88.